The van der Waals surface area contributed by atoms with E-state index in [1.165, 1.54) is 11.5 Å². The molecule has 2 rings (SSSR count). The zero-order valence-electron chi connectivity index (χ0n) is 14.0. The molecule has 0 fully saturated rings. The molecule has 0 aliphatic heterocycles. The predicted octanol–water partition coefficient (Wildman–Crippen LogP) is 2.82. The normalized spacial score (nSPS) is 10.8. The molecule has 2 aromatic heterocycles. The van der Waals surface area contributed by atoms with Crippen LogP contribution in [0.1, 0.15) is 11.4 Å². The highest BCUT2D eigenvalue weighted by Crippen LogP contribution is 2.06. The van der Waals surface area contributed by atoms with Crippen LogP contribution in [0.3, 0.4) is 0 Å². The summed E-state index contributed by atoms with van der Waals surface area (Å²) >= 11 is 4.03. The monoisotopic (exact) mass is 362 g/mol. The number of thioether (sulfide) groups is 2. The second kappa shape index (κ2) is 13.2. The molecular formula is C18H26N4S2. The molecule has 0 radical (unpaired) electrons. The Kier molecular flexibility index (Phi) is 10.6. The van der Waals surface area contributed by atoms with Gasteiger partial charge in [0.25, 0.3) is 0 Å². The second-order valence-corrected chi connectivity index (χ2v) is 7.67. The molecule has 0 unspecified atom stereocenters. The number of nitrogens with zero attached hydrogens (tertiary/aromatic N) is 2. The van der Waals surface area contributed by atoms with Gasteiger partial charge in [-0.15, -0.1) is 0 Å². The van der Waals surface area contributed by atoms with Crippen molar-refractivity contribution in [1.82, 2.24) is 20.6 Å². The lowest BCUT2D eigenvalue weighted by molar-refractivity contribution is 0.715. The molecule has 130 valence electrons. The van der Waals surface area contributed by atoms with E-state index < -0.39 is 0 Å². The van der Waals surface area contributed by atoms with Gasteiger partial charge in [-0.1, -0.05) is 12.1 Å². The molecule has 0 bridgehead atoms. The van der Waals surface area contributed by atoms with Crippen LogP contribution in [0.4, 0.5) is 0 Å². The summed E-state index contributed by atoms with van der Waals surface area (Å²) in [6, 6.07) is 12.1. The van der Waals surface area contributed by atoms with E-state index in [2.05, 4.69) is 32.7 Å². The SMILES string of the molecule is c1ccc(CNCCSCCSCCNCc2ccccn2)nc1. The molecule has 0 aliphatic carbocycles. The summed E-state index contributed by atoms with van der Waals surface area (Å²) in [5.41, 5.74) is 2.22. The van der Waals surface area contributed by atoms with Crippen LogP contribution in [0.2, 0.25) is 0 Å². The summed E-state index contributed by atoms with van der Waals surface area (Å²) in [4.78, 5) is 8.60. The van der Waals surface area contributed by atoms with E-state index in [9.17, 15) is 0 Å². The highest BCUT2D eigenvalue weighted by atomic mass is 32.2. The van der Waals surface area contributed by atoms with Crippen molar-refractivity contribution in [3.05, 3.63) is 60.2 Å². The van der Waals surface area contributed by atoms with Gasteiger partial charge in [0.15, 0.2) is 0 Å². The van der Waals surface area contributed by atoms with E-state index in [4.69, 9.17) is 0 Å². The minimum atomic E-state index is 0.859. The number of rotatable bonds is 13. The van der Waals surface area contributed by atoms with Gasteiger partial charge in [-0.3, -0.25) is 9.97 Å². The Hall–Kier alpha value is -1.08. The Morgan fingerprint density at radius 3 is 1.58 bits per heavy atom. The maximum Gasteiger partial charge on any atom is 0.0541 e. The van der Waals surface area contributed by atoms with Crippen LogP contribution in [0.15, 0.2) is 48.8 Å². The first-order valence-corrected chi connectivity index (χ1v) is 10.6. The molecule has 0 atom stereocenters. The van der Waals surface area contributed by atoms with Crippen LogP contribution in [-0.2, 0) is 13.1 Å². The predicted molar refractivity (Wildman–Crippen MR) is 107 cm³/mol. The van der Waals surface area contributed by atoms with E-state index in [0.717, 1.165) is 49.1 Å². The maximum absolute atomic E-state index is 4.30. The number of pyridine rings is 2. The highest BCUT2D eigenvalue weighted by molar-refractivity contribution is 8.02. The van der Waals surface area contributed by atoms with Crippen LogP contribution in [0.5, 0.6) is 0 Å². The molecule has 2 N–H and O–H groups in total. The standard InChI is InChI=1S/C18H26N4S2/c1-3-7-21-17(5-1)15-19-9-11-23-13-14-24-12-10-20-16-18-6-2-4-8-22-18/h1-8,19-20H,9-16H2. The number of aromatic nitrogens is 2. The number of hydrogen-bond donors (Lipinski definition) is 2. The molecule has 0 saturated heterocycles. The maximum atomic E-state index is 4.30. The van der Waals surface area contributed by atoms with E-state index in [0.29, 0.717) is 0 Å². The summed E-state index contributed by atoms with van der Waals surface area (Å²) in [7, 11) is 0. The third-order valence-electron chi connectivity index (χ3n) is 3.28. The summed E-state index contributed by atoms with van der Waals surface area (Å²) in [5.74, 6) is 4.75. The Labute approximate surface area is 153 Å². The van der Waals surface area contributed by atoms with Gasteiger partial charge < -0.3 is 10.6 Å². The molecule has 2 heterocycles. The van der Waals surface area contributed by atoms with Gasteiger partial charge in [0.05, 0.1) is 11.4 Å². The first-order valence-electron chi connectivity index (χ1n) is 8.32. The van der Waals surface area contributed by atoms with E-state index in [-0.39, 0.29) is 0 Å². The molecule has 2 aromatic rings. The van der Waals surface area contributed by atoms with Crippen molar-refractivity contribution in [2.45, 2.75) is 13.1 Å². The second-order valence-electron chi connectivity index (χ2n) is 5.22. The summed E-state index contributed by atoms with van der Waals surface area (Å²) in [6.45, 7) is 3.80. The third-order valence-corrected chi connectivity index (χ3v) is 5.51. The van der Waals surface area contributed by atoms with Crippen LogP contribution < -0.4 is 10.6 Å². The Morgan fingerprint density at radius 2 is 1.17 bits per heavy atom. The summed E-state index contributed by atoms with van der Waals surface area (Å²) < 4.78 is 0. The van der Waals surface area contributed by atoms with Gasteiger partial charge in [-0.2, -0.15) is 23.5 Å². The molecular weight excluding hydrogens is 336 g/mol. The van der Waals surface area contributed by atoms with Gasteiger partial charge >= 0.3 is 0 Å². The number of hydrogen-bond acceptors (Lipinski definition) is 6. The Bertz CT molecular complexity index is 476. The molecule has 0 amide bonds. The fraction of sp³-hybridized carbons (Fsp3) is 0.444. The van der Waals surface area contributed by atoms with Crippen molar-refractivity contribution < 1.29 is 0 Å². The number of nitrogens with one attached hydrogen (secondary N) is 2. The zero-order valence-corrected chi connectivity index (χ0v) is 15.6. The highest BCUT2D eigenvalue weighted by Gasteiger charge is 1.95. The van der Waals surface area contributed by atoms with Crippen molar-refractivity contribution >= 4 is 23.5 Å². The Balaban J connectivity index is 1.32. The zero-order chi connectivity index (χ0) is 16.7. The first kappa shape index (κ1) is 19.2. The minimum Gasteiger partial charge on any atom is -0.310 e. The van der Waals surface area contributed by atoms with Gasteiger partial charge in [0, 0.05) is 61.6 Å². The largest absolute Gasteiger partial charge is 0.310 e. The van der Waals surface area contributed by atoms with Crippen molar-refractivity contribution in [2.75, 3.05) is 36.1 Å². The molecule has 0 aromatic carbocycles. The Morgan fingerprint density at radius 1 is 0.667 bits per heavy atom. The van der Waals surface area contributed by atoms with Crippen LogP contribution in [0, 0.1) is 0 Å². The van der Waals surface area contributed by atoms with Gasteiger partial charge in [0.2, 0.25) is 0 Å². The molecule has 24 heavy (non-hydrogen) atoms. The lowest BCUT2D eigenvalue weighted by atomic mass is 10.3. The smallest absolute Gasteiger partial charge is 0.0541 e. The van der Waals surface area contributed by atoms with E-state index in [1.807, 2.05) is 60.2 Å². The topological polar surface area (TPSA) is 49.8 Å². The summed E-state index contributed by atoms with van der Waals surface area (Å²) in [6.07, 6.45) is 3.68. The fourth-order valence-corrected chi connectivity index (χ4v) is 3.98. The van der Waals surface area contributed by atoms with Crippen LogP contribution in [-0.4, -0.2) is 46.1 Å². The van der Waals surface area contributed by atoms with Gasteiger partial charge in [-0.05, 0) is 24.3 Å². The summed E-state index contributed by atoms with van der Waals surface area (Å²) in [5, 5.41) is 6.86. The average Bonchev–Trinajstić information content (AvgIpc) is 2.64. The molecule has 4 nitrogen and oxygen atoms in total. The lowest BCUT2D eigenvalue weighted by Crippen LogP contribution is -2.18. The molecule has 6 heteroatoms. The van der Waals surface area contributed by atoms with Crippen molar-refractivity contribution in [3.63, 3.8) is 0 Å². The molecule has 0 spiro atoms. The van der Waals surface area contributed by atoms with Crippen LogP contribution >= 0.6 is 23.5 Å². The van der Waals surface area contributed by atoms with E-state index in [1.54, 1.807) is 0 Å². The van der Waals surface area contributed by atoms with E-state index >= 15 is 0 Å². The third kappa shape index (κ3) is 9.27. The minimum absolute atomic E-state index is 0.859. The first-order chi connectivity index (χ1) is 11.9. The van der Waals surface area contributed by atoms with Crippen LogP contribution in [0.25, 0.3) is 0 Å². The van der Waals surface area contributed by atoms with Crippen molar-refractivity contribution in [2.24, 2.45) is 0 Å². The van der Waals surface area contributed by atoms with Gasteiger partial charge in [0.1, 0.15) is 0 Å². The molecule has 0 saturated carbocycles. The fourth-order valence-electron chi connectivity index (χ4n) is 2.05. The average molecular weight is 363 g/mol. The quantitative estimate of drug-likeness (QED) is 0.535. The van der Waals surface area contributed by atoms with Crippen molar-refractivity contribution in [1.29, 1.82) is 0 Å². The van der Waals surface area contributed by atoms with Crippen molar-refractivity contribution in [3.8, 4) is 0 Å². The van der Waals surface area contributed by atoms with Gasteiger partial charge in [-0.25, -0.2) is 0 Å². The lowest BCUT2D eigenvalue weighted by Gasteiger charge is -2.05. The molecule has 0 aliphatic rings.